The van der Waals surface area contributed by atoms with Crippen molar-refractivity contribution in [2.24, 2.45) is 0 Å². The molecule has 0 atom stereocenters. The Labute approximate surface area is 175 Å². The number of nitrogens with two attached hydrogens (primary N) is 2. The summed E-state index contributed by atoms with van der Waals surface area (Å²) in [7, 11) is 0. The number of rotatable bonds is 5. The molecule has 4 rings (SSSR count). The van der Waals surface area contributed by atoms with E-state index in [1.807, 2.05) is 73.0 Å². The van der Waals surface area contributed by atoms with Crippen LogP contribution in [0, 0.1) is 0 Å². The van der Waals surface area contributed by atoms with Gasteiger partial charge < -0.3 is 16.4 Å². The molecule has 0 unspecified atom stereocenters. The van der Waals surface area contributed by atoms with Crippen LogP contribution >= 0.6 is 0 Å². The quantitative estimate of drug-likeness (QED) is 0.531. The fraction of sp³-hybridized carbons (Fsp3) is 0.174. The zero-order valence-electron chi connectivity index (χ0n) is 17.0. The molecule has 7 nitrogen and oxygen atoms in total. The molecule has 0 spiro atoms. The largest absolute Gasteiger partial charge is 0.385 e. The number of nitrogens with zero attached hydrogens (tertiary/aromatic N) is 4. The number of amides is 1. The summed E-state index contributed by atoms with van der Waals surface area (Å²) in [5.74, 6) is 0.563. The van der Waals surface area contributed by atoms with E-state index >= 15 is 0 Å². The van der Waals surface area contributed by atoms with E-state index in [1.54, 1.807) is 11.0 Å². The van der Waals surface area contributed by atoms with Crippen LogP contribution in [-0.4, -0.2) is 38.4 Å². The first-order chi connectivity index (χ1) is 14.5. The van der Waals surface area contributed by atoms with E-state index in [9.17, 15) is 4.79 Å². The molecule has 4 N–H and O–H groups in total. The van der Waals surface area contributed by atoms with Crippen molar-refractivity contribution in [2.45, 2.75) is 13.8 Å². The van der Waals surface area contributed by atoms with Gasteiger partial charge in [0.1, 0.15) is 11.5 Å². The van der Waals surface area contributed by atoms with Crippen molar-refractivity contribution >= 4 is 28.6 Å². The van der Waals surface area contributed by atoms with Crippen molar-refractivity contribution in [1.29, 1.82) is 0 Å². The van der Waals surface area contributed by atoms with Crippen LogP contribution in [0.2, 0.25) is 0 Å². The molecule has 152 valence electrons. The normalized spacial score (nSPS) is 11.0. The first-order valence-electron chi connectivity index (χ1n) is 9.92. The number of carbonyl (C=O) groups is 1. The molecule has 0 fully saturated rings. The highest BCUT2D eigenvalue weighted by Crippen LogP contribution is 2.30. The Morgan fingerprint density at radius 3 is 2.40 bits per heavy atom. The van der Waals surface area contributed by atoms with E-state index in [2.05, 4.69) is 9.97 Å². The lowest BCUT2D eigenvalue weighted by Crippen LogP contribution is -2.31. The minimum Gasteiger partial charge on any atom is -0.385 e. The third-order valence-corrected chi connectivity index (χ3v) is 5.15. The predicted octanol–water partition coefficient (Wildman–Crippen LogP) is 3.73. The highest BCUT2D eigenvalue weighted by atomic mass is 16.2. The molecule has 4 aromatic rings. The summed E-state index contributed by atoms with van der Waals surface area (Å²) >= 11 is 0. The minimum atomic E-state index is -0.157. The summed E-state index contributed by atoms with van der Waals surface area (Å²) in [5.41, 5.74) is 15.9. The van der Waals surface area contributed by atoms with E-state index in [4.69, 9.17) is 11.5 Å². The summed E-state index contributed by atoms with van der Waals surface area (Å²) in [6.45, 7) is 5.07. The number of fused-ring (bicyclic) bond motifs is 1. The lowest BCUT2D eigenvalue weighted by molar-refractivity contribution is 0.0767. The van der Waals surface area contributed by atoms with Gasteiger partial charge in [-0.15, -0.1) is 0 Å². The fourth-order valence-electron chi connectivity index (χ4n) is 3.66. The van der Waals surface area contributed by atoms with Crippen molar-refractivity contribution in [1.82, 2.24) is 19.4 Å². The summed E-state index contributed by atoms with van der Waals surface area (Å²) < 4.78 is 2.00. The third kappa shape index (κ3) is 3.45. The van der Waals surface area contributed by atoms with Gasteiger partial charge in [0.2, 0.25) is 5.95 Å². The first kappa shape index (κ1) is 19.4. The van der Waals surface area contributed by atoms with E-state index in [-0.39, 0.29) is 11.9 Å². The molecular formula is C23H24N6O. The second-order valence-corrected chi connectivity index (χ2v) is 6.99. The highest BCUT2D eigenvalue weighted by Gasteiger charge is 2.17. The molecule has 0 radical (unpaired) electrons. The van der Waals surface area contributed by atoms with Gasteiger partial charge in [0.05, 0.1) is 11.2 Å². The maximum absolute atomic E-state index is 12.7. The number of para-hydroxylation sites is 1. The van der Waals surface area contributed by atoms with Gasteiger partial charge in [-0.25, -0.2) is 9.97 Å². The molecule has 1 amide bonds. The van der Waals surface area contributed by atoms with Gasteiger partial charge in [-0.1, -0.05) is 24.3 Å². The van der Waals surface area contributed by atoms with Crippen LogP contribution < -0.4 is 11.5 Å². The Morgan fingerprint density at radius 1 is 0.967 bits per heavy atom. The predicted molar refractivity (Wildman–Crippen MR) is 120 cm³/mol. The minimum absolute atomic E-state index is 0.0736. The average molecular weight is 400 g/mol. The van der Waals surface area contributed by atoms with E-state index < -0.39 is 0 Å². The molecule has 0 aliphatic carbocycles. The Hall–Kier alpha value is -3.87. The van der Waals surface area contributed by atoms with Crippen LogP contribution in [-0.2, 0) is 0 Å². The number of hydrogen-bond donors (Lipinski definition) is 2. The number of nitrogen functional groups attached to an aromatic ring is 2. The van der Waals surface area contributed by atoms with Crippen LogP contribution in [0.3, 0.4) is 0 Å². The van der Waals surface area contributed by atoms with Crippen molar-refractivity contribution in [3.05, 3.63) is 66.4 Å². The maximum atomic E-state index is 12.7. The standard InChI is InChI=1S/C23H24N6O/c1-3-28(4-2)22(30)19-14-18(26-23(25)27-19)15-10-11-20-16(12-15)13-21(24)29(20)17-8-6-5-7-9-17/h5-14H,3-4,24H2,1-2H3,(H2,25,26,27). The number of anilines is 2. The summed E-state index contributed by atoms with van der Waals surface area (Å²) in [5, 5.41) is 0.975. The Morgan fingerprint density at radius 2 is 1.70 bits per heavy atom. The SMILES string of the molecule is CCN(CC)C(=O)c1cc(-c2ccc3c(c2)cc(N)n3-c2ccccc2)nc(N)n1. The van der Waals surface area contributed by atoms with E-state index in [0.717, 1.165) is 22.2 Å². The number of carbonyl (C=O) groups excluding carboxylic acids is 1. The Kier molecular flexibility index (Phi) is 5.10. The Balaban J connectivity index is 1.78. The molecule has 0 bridgehead atoms. The van der Waals surface area contributed by atoms with Gasteiger partial charge in [0.25, 0.3) is 5.91 Å². The average Bonchev–Trinajstić information content (AvgIpc) is 3.09. The molecular weight excluding hydrogens is 376 g/mol. The monoisotopic (exact) mass is 400 g/mol. The summed E-state index contributed by atoms with van der Waals surface area (Å²) in [6, 6.07) is 19.5. The molecule has 2 aromatic carbocycles. The first-order valence-corrected chi connectivity index (χ1v) is 9.92. The lowest BCUT2D eigenvalue weighted by Gasteiger charge is -2.18. The van der Waals surface area contributed by atoms with Gasteiger partial charge in [-0.2, -0.15) is 0 Å². The lowest BCUT2D eigenvalue weighted by atomic mass is 10.1. The summed E-state index contributed by atoms with van der Waals surface area (Å²) in [6.07, 6.45) is 0. The number of hydrogen-bond acceptors (Lipinski definition) is 5. The van der Waals surface area contributed by atoms with Gasteiger partial charge in [0, 0.05) is 29.7 Å². The van der Waals surface area contributed by atoms with Crippen molar-refractivity contribution < 1.29 is 4.79 Å². The van der Waals surface area contributed by atoms with E-state index in [0.29, 0.717) is 30.3 Å². The Bertz CT molecular complexity index is 1210. The third-order valence-electron chi connectivity index (χ3n) is 5.15. The van der Waals surface area contributed by atoms with Crippen LogP contribution in [0.5, 0.6) is 0 Å². The zero-order valence-corrected chi connectivity index (χ0v) is 17.0. The molecule has 2 heterocycles. The van der Waals surface area contributed by atoms with Crippen molar-refractivity contribution in [3.8, 4) is 16.9 Å². The van der Waals surface area contributed by atoms with Gasteiger partial charge >= 0.3 is 0 Å². The molecule has 2 aromatic heterocycles. The van der Waals surface area contributed by atoms with Crippen molar-refractivity contribution in [3.63, 3.8) is 0 Å². The van der Waals surface area contributed by atoms with Crippen LogP contribution in [0.15, 0.2) is 60.7 Å². The smallest absolute Gasteiger partial charge is 0.272 e. The van der Waals surface area contributed by atoms with E-state index in [1.165, 1.54) is 0 Å². The second-order valence-electron chi connectivity index (χ2n) is 6.99. The van der Waals surface area contributed by atoms with Gasteiger partial charge in [-0.05, 0) is 50.2 Å². The molecule has 30 heavy (non-hydrogen) atoms. The highest BCUT2D eigenvalue weighted by molar-refractivity contribution is 5.94. The zero-order chi connectivity index (χ0) is 21.3. The van der Waals surface area contributed by atoms with Gasteiger partial charge in [0.15, 0.2) is 0 Å². The molecule has 0 aliphatic heterocycles. The maximum Gasteiger partial charge on any atom is 0.272 e. The van der Waals surface area contributed by atoms with Crippen LogP contribution in [0.4, 0.5) is 11.8 Å². The second kappa shape index (κ2) is 7.87. The molecule has 0 saturated heterocycles. The molecule has 0 saturated carbocycles. The number of aromatic nitrogens is 3. The summed E-state index contributed by atoms with van der Waals surface area (Å²) in [4.78, 5) is 22.9. The van der Waals surface area contributed by atoms with Crippen LogP contribution in [0.1, 0.15) is 24.3 Å². The van der Waals surface area contributed by atoms with Crippen molar-refractivity contribution in [2.75, 3.05) is 24.6 Å². The number of benzene rings is 2. The molecule has 7 heteroatoms. The van der Waals surface area contributed by atoms with Gasteiger partial charge in [-0.3, -0.25) is 9.36 Å². The fourth-order valence-corrected chi connectivity index (χ4v) is 3.66. The topological polar surface area (TPSA) is 103 Å². The van der Waals surface area contributed by atoms with Crippen LogP contribution in [0.25, 0.3) is 27.8 Å². The molecule has 0 aliphatic rings.